The van der Waals surface area contributed by atoms with Gasteiger partial charge >= 0.3 is 5.97 Å². The van der Waals surface area contributed by atoms with Gasteiger partial charge in [-0.1, -0.05) is 0 Å². The minimum atomic E-state index is -1.03. The third kappa shape index (κ3) is 1.71. The number of carboxylic acids is 1. The number of β-lactam (4-membered cyclic amide) rings is 1. The van der Waals surface area contributed by atoms with Crippen molar-refractivity contribution in [3.05, 3.63) is 11.3 Å². The van der Waals surface area contributed by atoms with Crippen molar-refractivity contribution in [2.45, 2.75) is 44.9 Å². The van der Waals surface area contributed by atoms with Crippen LogP contribution in [0.15, 0.2) is 11.3 Å². The monoisotopic (exact) mass is 280 g/mol. The highest BCUT2D eigenvalue weighted by atomic mass is 16.4. The summed E-state index contributed by atoms with van der Waals surface area (Å²) in [5, 5.41) is 22.5. The molecule has 0 radical (unpaired) electrons. The summed E-state index contributed by atoms with van der Waals surface area (Å²) in [4.78, 5) is 25.0. The maximum absolute atomic E-state index is 12.1. The summed E-state index contributed by atoms with van der Waals surface area (Å²) in [6.07, 6.45) is 0.762. The normalized spacial score (nSPS) is 38.0. The quantitative estimate of drug-likeness (QED) is 0.630. The molecule has 0 aromatic carbocycles. The van der Waals surface area contributed by atoms with Crippen molar-refractivity contribution >= 4 is 11.9 Å². The van der Waals surface area contributed by atoms with E-state index in [9.17, 15) is 19.8 Å². The molecule has 0 aliphatic carbocycles. The van der Waals surface area contributed by atoms with Crippen molar-refractivity contribution in [1.82, 2.24) is 10.2 Å². The molecule has 0 spiro atoms. The zero-order chi connectivity index (χ0) is 14.6. The Hall–Kier alpha value is -1.40. The number of aliphatic hydroxyl groups is 1. The fourth-order valence-electron chi connectivity index (χ4n) is 3.97. The molecule has 3 aliphatic rings. The molecular formula is C14H20N2O4. The van der Waals surface area contributed by atoms with Gasteiger partial charge in [0.15, 0.2) is 0 Å². The van der Waals surface area contributed by atoms with E-state index in [1.807, 2.05) is 6.92 Å². The van der Waals surface area contributed by atoms with E-state index in [1.54, 1.807) is 6.92 Å². The molecule has 2 saturated heterocycles. The first-order chi connectivity index (χ1) is 9.43. The van der Waals surface area contributed by atoms with Crippen LogP contribution in [-0.4, -0.2) is 51.7 Å². The lowest BCUT2D eigenvalue weighted by Gasteiger charge is -2.44. The highest BCUT2D eigenvalue weighted by Gasteiger charge is 2.57. The maximum atomic E-state index is 12.1. The number of nitrogens with zero attached hydrogens (tertiary/aromatic N) is 1. The number of aliphatic carboxylic acids is 1. The molecule has 3 N–H and O–H groups in total. The lowest BCUT2D eigenvalue weighted by molar-refractivity contribution is -0.161. The van der Waals surface area contributed by atoms with Gasteiger partial charge in [0, 0.05) is 6.04 Å². The van der Waals surface area contributed by atoms with E-state index in [1.165, 1.54) is 4.90 Å². The number of hydrogen-bond acceptors (Lipinski definition) is 4. The van der Waals surface area contributed by atoms with Crippen LogP contribution in [0.4, 0.5) is 0 Å². The Morgan fingerprint density at radius 3 is 2.70 bits per heavy atom. The molecule has 0 saturated carbocycles. The molecule has 0 bridgehead atoms. The topological polar surface area (TPSA) is 89.9 Å². The molecule has 2 fully saturated rings. The van der Waals surface area contributed by atoms with Gasteiger partial charge in [-0.15, -0.1) is 0 Å². The molecule has 1 amide bonds. The van der Waals surface area contributed by atoms with Crippen LogP contribution < -0.4 is 5.32 Å². The van der Waals surface area contributed by atoms with Crippen LogP contribution in [0.25, 0.3) is 0 Å². The average molecular weight is 280 g/mol. The molecule has 2 unspecified atom stereocenters. The summed E-state index contributed by atoms with van der Waals surface area (Å²) in [7, 11) is 0. The van der Waals surface area contributed by atoms with Gasteiger partial charge in [0.1, 0.15) is 5.70 Å². The highest BCUT2D eigenvalue weighted by molar-refractivity contribution is 5.99. The van der Waals surface area contributed by atoms with Crippen molar-refractivity contribution in [3.8, 4) is 0 Å². The second kappa shape index (κ2) is 4.56. The zero-order valence-electron chi connectivity index (χ0n) is 11.7. The van der Waals surface area contributed by atoms with E-state index < -0.39 is 18.0 Å². The smallest absolute Gasteiger partial charge is 0.352 e. The molecule has 6 nitrogen and oxygen atoms in total. The van der Waals surface area contributed by atoms with Crippen LogP contribution in [0.3, 0.4) is 0 Å². The van der Waals surface area contributed by atoms with E-state index in [0.29, 0.717) is 6.42 Å². The molecule has 3 aliphatic heterocycles. The van der Waals surface area contributed by atoms with Crippen LogP contribution in [0.2, 0.25) is 0 Å². The van der Waals surface area contributed by atoms with Gasteiger partial charge in [-0.05, 0) is 44.7 Å². The summed E-state index contributed by atoms with van der Waals surface area (Å²) >= 11 is 0. The van der Waals surface area contributed by atoms with Crippen molar-refractivity contribution in [1.29, 1.82) is 0 Å². The van der Waals surface area contributed by atoms with Crippen molar-refractivity contribution in [2.75, 3.05) is 6.54 Å². The second-order valence-electron chi connectivity index (χ2n) is 6.06. The molecule has 20 heavy (non-hydrogen) atoms. The first-order valence-electron chi connectivity index (χ1n) is 7.14. The summed E-state index contributed by atoms with van der Waals surface area (Å²) in [5.41, 5.74) is 1.04. The van der Waals surface area contributed by atoms with Crippen molar-refractivity contribution in [3.63, 3.8) is 0 Å². The number of carbonyl (C=O) groups is 2. The zero-order valence-corrected chi connectivity index (χ0v) is 11.7. The van der Waals surface area contributed by atoms with Crippen LogP contribution in [0.5, 0.6) is 0 Å². The van der Waals surface area contributed by atoms with E-state index in [-0.39, 0.29) is 29.6 Å². The molecule has 110 valence electrons. The first-order valence-corrected chi connectivity index (χ1v) is 7.14. The molecule has 0 aromatic heterocycles. The minimum Gasteiger partial charge on any atom is -0.477 e. The second-order valence-corrected chi connectivity index (χ2v) is 6.06. The number of carbonyl (C=O) groups excluding carboxylic acids is 1. The van der Waals surface area contributed by atoms with Gasteiger partial charge in [0.05, 0.1) is 18.1 Å². The fraction of sp³-hybridized carbons (Fsp3) is 0.714. The predicted molar refractivity (Wildman–Crippen MR) is 70.7 cm³/mol. The van der Waals surface area contributed by atoms with Gasteiger partial charge in [-0.2, -0.15) is 0 Å². The van der Waals surface area contributed by atoms with Crippen LogP contribution in [0, 0.1) is 11.8 Å². The Labute approximate surface area is 117 Å². The summed E-state index contributed by atoms with van der Waals surface area (Å²) in [6, 6.07) is 0.0644. The third-order valence-electron chi connectivity index (χ3n) is 4.94. The minimum absolute atomic E-state index is 0.164. The van der Waals surface area contributed by atoms with E-state index >= 15 is 0 Å². The lowest BCUT2D eigenvalue weighted by atomic mass is 9.81. The summed E-state index contributed by atoms with van der Waals surface area (Å²) in [6.45, 7) is 4.52. The maximum Gasteiger partial charge on any atom is 0.352 e. The first kappa shape index (κ1) is 13.6. The summed E-state index contributed by atoms with van der Waals surface area (Å²) in [5.74, 6) is -1.56. The van der Waals surface area contributed by atoms with Gasteiger partial charge in [0.25, 0.3) is 0 Å². The number of fused-ring (bicyclic) bond motifs is 1. The molecule has 3 heterocycles. The number of carboxylic acid groups (broad SMARTS) is 1. The SMILES string of the molecule is CC1NCCC1C1=C(C(=O)O)N2C(=O)[C@H]([C@@H](C)O)[C@H]2C1. The van der Waals surface area contributed by atoms with Gasteiger partial charge < -0.3 is 20.4 Å². The van der Waals surface area contributed by atoms with E-state index in [4.69, 9.17) is 0 Å². The number of rotatable bonds is 3. The number of hydrogen-bond donors (Lipinski definition) is 3. The molecule has 6 heteroatoms. The molecule has 3 rings (SSSR count). The van der Waals surface area contributed by atoms with Crippen LogP contribution >= 0.6 is 0 Å². The number of amides is 1. The predicted octanol–water partition coefficient (Wildman–Crippen LogP) is -0.0654. The Morgan fingerprint density at radius 2 is 2.20 bits per heavy atom. The van der Waals surface area contributed by atoms with Gasteiger partial charge in [0.2, 0.25) is 5.91 Å². The fourth-order valence-corrected chi connectivity index (χ4v) is 3.97. The molecular weight excluding hydrogens is 260 g/mol. The third-order valence-corrected chi connectivity index (χ3v) is 4.94. The number of aliphatic hydroxyl groups excluding tert-OH is 1. The lowest BCUT2D eigenvalue weighted by Crippen LogP contribution is -2.61. The van der Waals surface area contributed by atoms with Crippen molar-refractivity contribution in [2.24, 2.45) is 11.8 Å². The van der Waals surface area contributed by atoms with Gasteiger partial charge in [-0.3, -0.25) is 4.79 Å². The molecule has 0 aromatic rings. The van der Waals surface area contributed by atoms with E-state index in [2.05, 4.69) is 5.32 Å². The average Bonchev–Trinajstić information content (AvgIpc) is 2.89. The van der Waals surface area contributed by atoms with Crippen LogP contribution in [-0.2, 0) is 9.59 Å². The van der Waals surface area contributed by atoms with Gasteiger partial charge in [-0.25, -0.2) is 4.79 Å². The Balaban J connectivity index is 1.94. The highest BCUT2D eigenvalue weighted by Crippen LogP contribution is 2.47. The molecule has 5 atom stereocenters. The Kier molecular flexibility index (Phi) is 3.10. The number of nitrogens with one attached hydrogen (secondary N) is 1. The Bertz CT molecular complexity index is 499. The Morgan fingerprint density at radius 1 is 1.50 bits per heavy atom. The summed E-state index contributed by atoms with van der Waals surface area (Å²) < 4.78 is 0. The van der Waals surface area contributed by atoms with Crippen LogP contribution in [0.1, 0.15) is 26.7 Å². The largest absolute Gasteiger partial charge is 0.477 e. The standard InChI is InChI=1S/C14H20N2O4/c1-6-8(3-4-15-6)9-5-10-11(7(2)17)13(18)16(10)12(9)14(19)20/h6-8,10-11,15,17H,3-5H2,1-2H3,(H,19,20)/t6?,7-,8?,10-,11-/m1/s1. The van der Waals surface area contributed by atoms with E-state index in [0.717, 1.165) is 18.5 Å². The van der Waals surface area contributed by atoms with Crippen molar-refractivity contribution < 1.29 is 19.8 Å².